The minimum Gasteiger partial charge on any atom is -0.427 e. The van der Waals surface area contributed by atoms with Crippen LogP contribution in [0.5, 0.6) is 5.75 Å². The fraction of sp³-hybridized carbons (Fsp3) is 0.481. The fourth-order valence-electron chi connectivity index (χ4n) is 4.76. The van der Waals surface area contributed by atoms with E-state index in [4.69, 9.17) is 9.84 Å². The lowest BCUT2D eigenvalue weighted by atomic mass is 9.99. The molecule has 0 bridgehead atoms. The average Bonchev–Trinajstić information content (AvgIpc) is 3.25. The van der Waals surface area contributed by atoms with E-state index in [1.165, 1.54) is 18.9 Å². The first-order valence-corrected chi connectivity index (χ1v) is 13.0. The first-order valence-electron chi connectivity index (χ1n) is 13.0. The van der Waals surface area contributed by atoms with Gasteiger partial charge in [0.15, 0.2) is 0 Å². The van der Waals surface area contributed by atoms with Crippen molar-refractivity contribution >= 4 is 33.9 Å². The molecule has 0 atom stereocenters. The molecule has 9 nitrogen and oxygen atoms in total. The topological polar surface area (TPSA) is 103 Å². The molecule has 0 saturated heterocycles. The maximum absolute atomic E-state index is 12.4. The summed E-state index contributed by atoms with van der Waals surface area (Å²) in [5, 5.41) is 20.6. The van der Waals surface area contributed by atoms with Crippen molar-refractivity contribution in [3.63, 3.8) is 0 Å². The van der Waals surface area contributed by atoms with Crippen molar-refractivity contribution < 1.29 is 14.5 Å². The van der Waals surface area contributed by atoms with Crippen molar-refractivity contribution in [2.75, 3.05) is 25.0 Å². The average molecular weight is 494 g/mol. The molecule has 2 aromatic carbocycles. The molecule has 192 valence electrons. The number of carbonyl (C=O) groups is 1. The molecule has 9 heteroatoms. The first kappa shape index (κ1) is 25.6. The molecule has 0 spiro atoms. The highest BCUT2D eigenvalue weighted by molar-refractivity contribution is 6.12. The summed E-state index contributed by atoms with van der Waals surface area (Å²) >= 11 is 0. The van der Waals surface area contributed by atoms with Crippen LogP contribution in [0.2, 0.25) is 0 Å². The van der Waals surface area contributed by atoms with Crippen LogP contribution in [0.4, 0.5) is 17.1 Å². The van der Waals surface area contributed by atoms with Crippen LogP contribution in [0.1, 0.15) is 59.3 Å². The number of nitro benzene ring substituents is 1. The molecule has 1 aromatic heterocycles. The van der Waals surface area contributed by atoms with E-state index >= 15 is 0 Å². The number of benzene rings is 2. The molecule has 0 radical (unpaired) electrons. The van der Waals surface area contributed by atoms with Gasteiger partial charge >= 0.3 is 5.97 Å². The van der Waals surface area contributed by atoms with Crippen LogP contribution in [-0.4, -0.2) is 45.2 Å². The maximum Gasteiger partial charge on any atom is 0.311 e. The number of hydrogen-bond acceptors (Lipinski definition) is 7. The second-order valence-electron chi connectivity index (χ2n) is 9.18. The van der Waals surface area contributed by atoms with Gasteiger partial charge in [0, 0.05) is 30.3 Å². The first-order chi connectivity index (χ1) is 17.5. The number of nitrogens with zero attached hydrogens (tertiary/aromatic N) is 4. The van der Waals surface area contributed by atoms with E-state index in [1.807, 2.05) is 4.68 Å². The highest BCUT2D eigenvalue weighted by Gasteiger charge is 2.29. The van der Waals surface area contributed by atoms with Crippen LogP contribution >= 0.6 is 0 Å². The molecule has 0 amide bonds. The zero-order valence-electron chi connectivity index (χ0n) is 21.4. The number of rotatable bonds is 13. The van der Waals surface area contributed by atoms with Gasteiger partial charge in [-0.2, -0.15) is 5.10 Å². The lowest BCUT2D eigenvalue weighted by Gasteiger charge is -2.18. The lowest BCUT2D eigenvalue weighted by molar-refractivity contribution is -0.383. The summed E-state index contributed by atoms with van der Waals surface area (Å²) < 4.78 is 7.55. The molecule has 1 aliphatic heterocycles. The summed E-state index contributed by atoms with van der Waals surface area (Å²) in [6.07, 6.45) is 5.71. The highest BCUT2D eigenvalue weighted by Crippen LogP contribution is 2.48. The van der Waals surface area contributed by atoms with Crippen molar-refractivity contribution in [2.45, 2.75) is 65.8 Å². The van der Waals surface area contributed by atoms with Crippen molar-refractivity contribution in [2.24, 2.45) is 0 Å². The Hall–Kier alpha value is -3.46. The van der Waals surface area contributed by atoms with E-state index in [0.717, 1.165) is 55.4 Å². The van der Waals surface area contributed by atoms with Gasteiger partial charge in [0.1, 0.15) is 17.1 Å². The molecule has 36 heavy (non-hydrogen) atoms. The van der Waals surface area contributed by atoms with Crippen molar-refractivity contribution in [1.29, 1.82) is 0 Å². The van der Waals surface area contributed by atoms with E-state index in [0.29, 0.717) is 35.8 Å². The van der Waals surface area contributed by atoms with Gasteiger partial charge in [-0.05, 0) is 43.8 Å². The molecule has 4 rings (SSSR count). The molecule has 1 N–H and O–H groups in total. The number of fused-ring (bicyclic) bond motifs is 2. The van der Waals surface area contributed by atoms with E-state index in [1.54, 1.807) is 24.3 Å². The van der Waals surface area contributed by atoms with Crippen LogP contribution in [-0.2, 0) is 11.3 Å². The van der Waals surface area contributed by atoms with Gasteiger partial charge < -0.3 is 15.0 Å². The number of anilines is 2. The van der Waals surface area contributed by atoms with Crippen LogP contribution < -0.4 is 10.1 Å². The van der Waals surface area contributed by atoms with Gasteiger partial charge in [-0.25, -0.2) is 0 Å². The van der Waals surface area contributed by atoms with E-state index in [9.17, 15) is 14.9 Å². The standard InChI is InChI=1S/C27H35N5O4/c1-4-7-8-9-10-11-24(33)36-19-12-13-21-20(18-19)26-25-22(14-15-23(32(34)35)27(25)28-21)31(29-26)17-16-30(5-2)6-3/h12-15,18,28H,4-11,16-17H2,1-3H3. The predicted molar refractivity (Wildman–Crippen MR) is 142 cm³/mol. The Morgan fingerprint density at radius 2 is 1.89 bits per heavy atom. The number of nitro groups is 1. The van der Waals surface area contributed by atoms with Gasteiger partial charge in [-0.15, -0.1) is 0 Å². The summed E-state index contributed by atoms with van der Waals surface area (Å²) in [4.78, 5) is 26.1. The van der Waals surface area contributed by atoms with Gasteiger partial charge in [0.2, 0.25) is 0 Å². The number of carbonyl (C=O) groups excluding carboxylic acids is 1. The van der Waals surface area contributed by atoms with Crippen molar-refractivity contribution in [1.82, 2.24) is 14.7 Å². The Balaban J connectivity index is 1.64. The zero-order valence-corrected chi connectivity index (χ0v) is 21.4. The number of likely N-dealkylation sites (N-methyl/N-ethyl adjacent to an activating group) is 1. The van der Waals surface area contributed by atoms with Gasteiger partial charge in [0.05, 0.1) is 22.4 Å². The van der Waals surface area contributed by atoms with Crippen molar-refractivity contribution in [3.05, 3.63) is 40.4 Å². The molecular weight excluding hydrogens is 458 g/mol. The third kappa shape index (κ3) is 5.36. The second kappa shape index (κ2) is 11.5. The predicted octanol–water partition coefficient (Wildman–Crippen LogP) is 6.28. The minimum absolute atomic E-state index is 0.0104. The largest absolute Gasteiger partial charge is 0.427 e. The fourth-order valence-corrected chi connectivity index (χ4v) is 4.76. The Labute approximate surface area is 211 Å². The Morgan fingerprint density at radius 3 is 2.61 bits per heavy atom. The SMILES string of the molecule is CCCCCCCC(=O)Oc1ccc2c(c1)-c1nn(CCN(CC)CC)c3ccc([N+](=O)[O-])c(c13)N2. The Bertz CT molecular complexity index is 1250. The van der Waals surface area contributed by atoms with Crippen LogP contribution in [0.25, 0.3) is 22.2 Å². The summed E-state index contributed by atoms with van der Waals surface area (Å²) in [7, 11) is 0. The van der Waals surface area contributed by atoms with Crippen LogP contribution in [0, 0.1) is 10.1 Å². The molecule has 2 heterocycles. The molecule has 0 aliphatic carbocycles. The van der Waals surface area contributed by atoms with Crippen molar-refractivity contribution in [3.8, 4) is 17.0 Å². The van der Waals surface area contributed by atoms with Gasteiger partial charge in [-0.1, -0.05) is 46.5 Å². The smallest absolute Gasteiger partial charge is 0.311 e. The van der Waals surface area contributed by atoms with Crippen LogP contribution in [0.3, 0.4) is 0 Å². The third-order valence-electron chi connectivity index (χ3n) is 6.84. The summed E-state index contributed by atoms with van der Waals surface area (Å²) in [6, 6.07) is 8.61. The number of esters is 1. The monoisotopic (exact) mass is 493 g/mol. The Kier molecular flexibility index (Phi) is 8.20. The minimum atomic E-state index is -0.375. The van der Waals surface area contributed by atoms with E-state index < -0.39 is 0 Å². The maximum atomic E-state index is 12.4. The number of unbranched alkanes of at least 4 members (excludes halogenated alkanes) is 4. The quantitative estimate of drug-likeness (QED) is 0.0769. The van der Waals surface area contributed by atoms with Gasteiger partial charge in [0.25, 0.3) is 5.69 Å². The number of nitrogens with one attached hydrogen (secondary N) is 1. The summed E-state index contributed by atoms with van der Waals surface area (Å²) in [5.41, 5.74) is 3.43. The molecule has 0 saturated carbocycles. The highest BCUT2D eigenvalue weighted by atomic mass is 16.6. The molecule has 1 aliphatic rings. The molecular formula is C27H35N5O4. The van der Waals surface area contributed by atoms with Gasteiger partial charge in [-0.3, -0.25) is 19.6 Å². The lowest BCUT2D eigenvalue weighted by Crippen LogP contribution is -2.27. The molecule has 3 aromatic rings. The number of hydrogen-bond donors (Lipinski definition) is 1. The molecule has 0 fully saturated rings. The zero-order chi connectivity index (χ0) is 25.7. The number of ether oxygens (including phenoxy) is 1. The number of aromatic nitrogens is 2. The third-order valence-corrected chi connectivity index (χ3v) is 6.84. The van der Waals surface area contributed by atoms with E-state index in [2.05, 4.69) is 31.0 Å². The Morgan fingerprint density at radius 1 is 1.11 bits per heavy atom. The normalized spacial score (nSPS) is 12.0. The second-order valence-corrected chi connectivity index (χ2v) is 9.18. The van der Waals surface area contributed by atoms with E-state index in [-0.39, 0.29) is 16.6 Å². The summed E-state index contributed by atoms with van der Waals surface area (Å²) in [5.74, 6) is 0.204. The summed E-state index contributed by atoms with van der Waals surface area (Å²) in [6.45, 7) is 9.79. The van der Waals surface area contributed by atoms with Crippen LogP contribution in [0.15, 0.2) is 30.3 Å². The molecule has 0 unspecified atom stereocenters.